The lowest BCUT2D eigenvalue weighted by atomic mass is 10.1. The first-order valence-electron chi connectivity index (χ1n) is 8.02. The van der Waals surface area contributed by atoms with Gasteiger partial charge in [0.2, 0.25) is 5.78 Å². The van der Waals surface area contributed by atoms with Crippen LogP contribution in [-0.4, -0.2) is 25.0 Å². The van der Waals surface area contributed by atoms with E-state index in [1.54, 1.807) is 42.5 Å². The lowest BCUT2D eigenvalue weighted by Crippen LogP contribution is -2.46. The second-order valence-corrected chi connectivity index (χ2v) is 5.46. The van der Waals surface area contributed by atoms with Gasteiger partial charge in [0.1, 0.15) is 5.75 Å². The molecule has 1 aromatic heterocycles. The van der Waals surface area contributed by atoms with Gasteiger partial charge in [0.25, 0.3) is 5.91 Å². The van der Waals surface area contributed by atoms with E-state index in [0.717, 1.165) is 0 Å². The summed E-state index contributed by atoms with van der Waals surface area (Å²) >= 11 is 0. The summed E-state index contributed by atoms with van der Waals surface area (Å²) in [6, 6.07) is 19.0. The van der Waals surface area contributed by atoms with Crippen molar-refractivity contribution in [2.75, 3.05) is 12.4 Å². The SMILES string of the molecule is COc1ccccc1N[C@@H](NC(=O)c1ccco1)C(=O)c1ccccc1. The van der Waals surface area contributed by atoms with E-state index >= 15 is 0 Å². The van der Waals surface area contributed by atoms with E-state index in [2.05, 4.69) is 10.6 Å². The predicted molar refractivity (Wildman–Crippen MR) is 97.4 cm³/mol. The van der Waals surface area contributed by atoms with Crippen LogP contribution in [0.2, 0.25) is 0 Å². The molecule has 0 saturated heterocycles. The van der Waals surface area contributed by atoms with Crippen molar-refractivity contribution in [2.45, 2.75) is 6.17 Å². The van der Waals surface area contributed by atoms with E-state index < -0.39 is 12.1 Å². The van der Waals surface area contributed by atoms with Gasteiger partial charge in [0, 0.05) is 5.56 Å². The topological polar surface area (TPSA) is 80.6 Å². The Bertz CT molecular complexity index is 876. The number of amides is 1. The van der Waals surface area contributed by atoms with Crippen LogP contribution in [0.3, 0.4) is 0 Å². The summed E-state index contributed by atoms with van der Waals surface area (Å²) in [5.74, 6) is -0.0913. The third kappa shape index (κ3) is 3.92. The van der Waals surface area contributed by atoms with Crippen molar-refractivity contribution in [1.29, 1.82) is 0 Å². The third-order valence-corrected chi connectivity index (χ3v) is 3.75. The molecule has 0 spiro atoms. The van der Waals surface area contributed by atoms with Gasteiger partial charge in [0.05, 0.1) is 19.1 Å². The van der Waals surface area contributed by atoms with Crippen LogP contribution in [0.4, 0.5) is 5.69 Å². The first-order valence-corrected chi connectivity index (χ1v) is 8.02. The van der Waals surface area contributed by atoms with Crippen LogP contribution in [0.25, 0.3) is 0 Å². The molecule has 0 unspecified atom stereocenters. The lowest BCUT2D eigenvalue weighted by molar-refractivity contribution is 0.0852. The van der Waals surface area contributed by atoms with Crippen LogP contribution in [0.15, 0.2) is 77.4 Å². The lowest BCUT2D eigenvalue weighted by Gasteiger charge is -2.21. The molecule has 0 aliphatic rings. The zero-order chi connectivity index (χ0) is 18.4. The van der Waals surface area contributed by atoms with Crippen molar-refractivity contribution in [3.8, 4) is 5.75 Å². The summed E-state index contributed by atoms with van der Waals surface area (Å²) in [6.07, 6.45) is 0.405. The molecule has 0 radical (unpaired) electrons. The Kier molecular flexibility index (Phi) is 5.34. The Hall–Kier alpha value is -3.54. The smallest absolute Gasteiger partial charge is 0.288 e. The average molecular weight is 350 g/mol. The highest BCUT2D eigenvalue weighted by atomic mass is 16.5. The van der Waals surface area contributed by atoms with Crippen LogP contribution >= 0.6 is 0 Å². The molecule has 0 aliphatic heterocycles. The summed E-state index contributed by atoms with van der Waals surface area (Å²) in [6.45, 7) is 0. The highest BCUT2D eigenvalue weighted by Gasteiger charge is 2.24. The molecule has 3 rings (SSSR count). The third-order valence-electron chi connectivity index (χ3n) is 3.75. The summed E-state index contributed by atoms with van der Waals surface area (Å²) in [5, 5.41) is 5.71. The Morgan fingerprint density at radius 2 is 1.69 bits per heavy atom. The van der Waals surface area contributed by atoms with Crippen LogP contribution in [0.5, 0.6) is 5.75 Å². The number of anilines is 1. The molecule has 2 N–H and O–H groups in total. The fraction of sp³-hybridized carbons (Fsp3) is 0.100. The first-order chi connectivity index (χ1) is 12.7. The summed E-state index contributed by atoms with van der Waals surface area (Å²) in [4.78, 5) is 25.3. The maximum absolute atomic E-state index is 12.9. The maximum atomic E-state index is 12.9. The van der Waals surface area contributed by atoms with Gasteiger partial charge in [0.15, 0.2) is 11.9 Å². The quantitative estimate of drug-likeness (QED) is 0.505. The monoisotopic (exact) mass is 350 g/mol. The summed E-state index contributed by atoms with van der Waals surface area (Å²) in [7, 11) is 1.54. The largest absolute Gasteiger partial charge is 0.495 e. The number of benzene rings is 2. The molecule has 132 valence electrons. The van der Waals surface area contributed by atoms with Crippen molar-refractivity contribution in [2.24, 2.45) is 0 Å². The highest BCUT2D eigenvalue weighted by Crippen LogP contribution is 2.24. The number of ether oxygens (including phenoxy) is 1. The Labute approximate surface area is 150 Å². The van der Waals surface area contributed by atoms with Crippen LogP contribution in [-0.2, 0) is 0 Å². The molecular weight excluding hydrogens is 332 g/mol. The van der Waals surface area contributed by atoms with Crippen molar-refractivity contribution >= 4 is 17.4 Å². The van der Waals surface area contributed by atoms with Crippen LogP contribution in [0, 0.1) is 0 Å². The number of methoxy groups -OCH3 is 1. The van der Waals surface area contributed by atoms with E-state index in [0.29, 0.717) is 17.0 Å². The van der Waals surface area contributed by atoms with Crippen molar-refractivity contribution < 1.29 is 18.7 Å². The Morgan fingerprint density at radius 1 is 0.962 bits per heavy atom. The second-order valence-electron chi connectivity index (χ2n) is 5.46. The van der Waals surface area contributed by atoms with Crippen LogP contribution in [0.1, 0.15) is 20.9 Å². The standard InChI is InChI=1S/C20H18N2O4/c1-25-16-11-6-5-10-15(16)21-19(18(23)14-8-3-2-4-9-14)22-20(24)17-12-7-13-26-17/h2-13,19,21H,1H3,(H,22,24)/t19-/m0/s1. The average Bonchev–Trinajstić information content (AvgIpc) is 3.23. The minimum Gasteiger partial charge on any atom is -0.495 e. The number of hydrogen-bond acceptors (Lipinski definition) is 5. The van der Waals surface area contributed by atoms with Crippen molar-refractivity contribution in [1.82, 2.24) is 5.32 Å². The number of nitrogens with one attached hydrogen (secondary N) is 2. The van der Waals surface area contributed by atoms with E-state index in [9.17, 15) is 9.59 Å². The molecular formula is C20H18N2O4. The summed E-state index contributed by atoms with van der Waals surface area (Å²) in [5.41, 5.74) is 1.06. The molecule has 1 heterocycles. The first kappa shape index (κ1) is 17.3. The van der Waals surface area contributed by atoms with Gasteiger partial charge in [-0.05, 0) is 24.3 Å². The number of Topliss-reactive ketones (excluding diaryl/α,β-unsaturated/α-hetero) is 1. The van der Waals surface area contributed by atoms with Gasteiger partial charge in [-0.1, -0.05) is 42.5 Å². The van der Waals surface area contributed by atoms with Gasteiger partial charge in [-0.2, -0.15) is 0 Å². The molecule has 26 heavy (non-hydrogen) atoms. The minimum absolute atomic E-state index is 0.123. The number of rotatable bonds is 7. The number of carbonyl (C=O) groups excluding carboxylic acids is 2. The molecule has 0 aliphatic carbocycles. The van der Waals surface area contributed by atoms with Crippen molar-refractivity contribution in [3.05, 3.63) is 84.3 Å². The molecule has 6 heteroatoms. The number of hydrogen-bond donors (Lipinski definition) is 2. The van der Waals surface area contributed by atoms with Gasteiger partial charge in [-0.15, -0.1) is 0 Å². The maximum Gasteiger partial charge on any atom is 0.288 e. The fourth-order valence-corrected chi connectivity index (χ4v) is 2.47. The van der Waals surface area contributed by atoms with Gasteiger partial charge in [-0.25, -0.2) is 0 Å². The minimum atomic E-state index is -0.994. The van der Waals surface area contributed by atoms with E-state index in [4.69, 9.17) is 9.15 Å². The molecule has 3 aromatic rings. The van der Waals surface area contributed by atoms with E-state index in [1.807, 2.05) is 18.2 Å². The zero-order valence-electron chi connectivity index (χ0n) is 14.1. The highest BCUT2D eigenvalue weighted by molar-refractivity contribution is 6.04. The summed E-state index contributed by atoms with van der Waals surface area (Å²) < 4.78 is 10.4. The fourth-order valence-electron chi connectivity index (χ4n) is 2.47. The van der Waals surface area contributed by atoms with Gasteiger partial charge >= 0.3 is 0 Å². The predicted octanol–water partition coefficient (Wildman–Crippen LogP) is 3.34. The number of carbonyl (C=O) groups is 2. The van der Waals surface area contributed by atoms with Crippen molar-refractivity contribution in [3.63, 3.8) is 0 Å². The molecule has 0 saturated carbocycles. The molecule has 6 nitrogen and oxygen atoms in total. The Balaban J connectivity index is 1.88. The number of furan rings is 1. The number of para-hydroxylation sites is 2. The number of ketones is 1. The van der Waals surface area contributed by atoms with E-state index in [1.165, 1.54) is 19.4 Å². The van der Waals surface area contributed by atoms with Gasteiger partial charge < -0.3 is 19.8 Å². The van der Waals surface area contributed by atoms with Gasteiger partial charge in [-0.3, -0.25) is 9.59 Å². The molecule has 0 fully saturated rings. The molecule has 0 bridgehead atoms. The van der Waals surface area contributed by atoms with Crippen LogP contribution < -0.4 is 15.4 Å². The zero-order valence-corrected chi connectivity index (χ0v) is 14.1. The Morgan fingerprint density at radius 3 is 2.38 bits per heavy atom. The second kappa shape index (κ2) is 8.02. The molecule has 1 amide bonds. The normalized spacial score (nSPS) is 11.4. The van der Waals surface area contributed by atoms with E-state index in [-0.39, 0.29) is 11.5 Å². The molecule has 2 aromatic carbocycles. The molecule has 1 atom stereocenters.